The molecule has 1 aliphatic rings. The van der Waals surface area contributed by atoms with E-state index in [0.717, 1.165) is 17.8 Å². The summed E-state index contributed by atoms with van der Waals surface area (Å²) in [7, 11) is 0. The number of amides is 1. The van der Waals surface area contributed by atoms with E-state index < -0.39 is 0 Å². The highest BCUT2D eigenvalue weighted by atomic mass is 35.5. The molecule has 3 N–H and O–H groups in total. The van der Waals surface area contributed by atoms with Gasteiger partial charge in [-0.1, -0.05) is 17.7 Å². The van der Waals surface area contributed by atoms with Gasteiger partial charge in [0.15, 0.2) is 0 Å². The van der Waals surface area contributed by atoms with Crippen LogP contribution in [0.4, 0.5) is 5.69 Å². The van der Waals surface area contributed by atoms with Crippen LogP contribution in [0.2, 0.25) is 5.02 Å². The van der Waals surface area contributed by atoms with Crippen LogP contribution in [-0.4, -0.2) is 25.5 Å². The molecule has 0 spiro atoms. The Morgan fingerprint density at radius 2 is 2.29 bits per heavy atom. The number of hydrogen-bond donors (Lipinski definition) is 2. The quantitative estimate of drug-likeness (QED) is 0.835. The summed E-state index contributed by atoms with van der Waals surface area (Å²) in [6, 6.07) is 5.72. The maximum atomic E-state index is 11.3. The lowest BCUT2D eigenvalue weighted by Crippen LogP contribution is -2.47. The van der Waals surface area contributed by atoms with Gasteiger partial charge in [-0.05, 0) is 24.6 Å². The van der Waals surface area contributed by atoms with Gasteiger partial charge in [0.2, 0.25) is 5.91 Å². The highest BCUT2D eigenvalue weighted by Crippen LogP contribution is 2.28. The number of piperazine rings is 1. The zero-order valence-electron chi connectivity index (χ0n) is 9.74. The lowest BCUT2D eigenvalue weighted by Gasteiger charge is -2.29. The number of benzene rings is 1. The Morgan fingerprint density at radius 3 is 2.88 bits per heavy atom. The Kier molecular flexibility index (Phi) is 3.54. The molecule has 1 fully saturated rings. The summed E-state index contributed by atoms with van der Waals surface area (Å²) in [6.45, 7) is 3.71. The molecule has 0 saturated carbocycles. The number of rotatable bonds is 2. The van der Waals surface area contributed by atoms with Gasteiger partial charge in [0.05, 0.1) is 17.3 Å². The van der Waals surface area contributed by atoms with Crippen LogP contribution in [-0.2, 0) is 4.79 Å². The van der Waals surface area contributed by atoms with E-state index in [1.54, 1.807) is 0 Å². The molecule has 1 atom stereocenters. The first kappa shape index (κ1) is 12.2. The largest absolute Gasteiger partial charge is 0.359 e. The summed E-state index contributed by atoms with van der Waals surface area (Å²) < 4.78 is 0. The van der Waals surface area contributed by atoms with Crippen LogP contribution in [0, 0.1) is 0 Å². The fourth-order valence-electron chi connectivity index (χ4n) is 1.91. The van der Waals surface area contributed by atoms with Crippen LogP contribution < -0.4 is 16.0 Å². The molecule has 92 valence electrons. The maximum absolute atomic E-state index is 11.3. The Bertz CT molecular complexity index is 434. The smallest absolute Gasteiger partial charge is 0.239 e. The van der Waals surface area contributed by atoms with Crippen LogP contribution in [0.15, 0.2) is 18.2 Å². The predicted molar refractivity (Wildman–Crippen MR) is 69.3 cm³/mol. The maximum Gasteiger partial charge on any atom is 0.239 e. The SMILES string of the molecule is C[C@@H](N)c1ccc(N2CCNC(=O)C2)c(Cl)c1. The zero-order chi connectivity index (χ0) is 12.4. The molecule has 5 heteroatoms. The van der Waals surface area contributed by atoms with Gasteiger partial charge in [0, 0.05) is 19.1 Å². The zero-order valence-corrected chi connectivity index (χ0v) is 10.5. The van der Waals surface area contributed by atoms with E-state index in [1.165, 1.54) is 0 Å². The van der Waals surface area contributed by atoms with Crippen LogP contribution >= 0.6 is 11.6 Å². The third kappa shape index (κ3) is 2.70. The van der Waals surface area contributed by atoms with E-state index in [-0.39, 0.29) is 11.9 Å². The monoisotopic (exact) mass is 253 g/mol. The molecule has 0 aromatic heterocycles. The normalized spacial score (nSPS) is 17.8. The standard InChI is InChI=1S/C12H16ClN3O/c1-8(14)9-2-3-11(10(13)6-9)16-5-4-15-12(17)7-16/h2-3,6,8H,4-5,7,14H2,1H3,(H,15,17)/t8-/m1/s1. The lowest BCUT2D eigenvalue weighted by atomic mass is 10.1. The molecule has 4 nitrogen and oxygen atoms in total. The molecule has 0 bridgehead atoms. The van der Waals surface area contributed by atoms with Gasteiger partial charge in [0.1, 0.15) is 0 Å². The summed E-state index contributed by atoms with van der Waals surface area (Å²) in [5, 5.41) is 3.43. The van der Waals surface area contributed by atoms with Crippen molar-refractivity contribution in [2.45, 2.75) is 13.0 Å². The summed E-state index contributed by atoms with van der Waals surface area (Å²) >= 11 is 6.23. The van der Waals surface area contributed by atoms with Crippen LogP contribution in [0.3, 0.4) is 0 Å². The number of nitrogens with zero attached hydrogens (tertiary/aromatic N) is 1. The molecule has 2 rings (SSSR count). The van der Waals surface area contributed by atoms with Crippen LogP contribution in [0.1, 0.15) is 18.5 Å². The number of carbonyl (C=O) groups is 1. The molecular formula is C12H16ClN3O. The number of nitrogens with two attached hydrogens (primary N) is 1. The van der Waals surface area contributed by atoms with Crippen molar-refractivity contribution < 1.29 is 4.79 Å². The van der Waals surface area contributed by atoms with Crippen molar-refractivity contribution in [1.82, 2.24) is 5.32 Å². The third-order valence-electron chi connectivity index (χ3n) is 2.88. The highest BCUT2D eigenvalue weighted by molar-refractivity contribution is 6.33. The van der Waals surface area contributed by atoms with Gasteiger partial charge in [-0.15, -0.1) is 0 Å². The second kappa shape index (κ2) is 4.94. The molecule has 0 unspecified atom stereocenters. The first-order valence-electron chi connectivity index (χ1n) is 5.64. The number of anilines is 1. The minimum atomic E-state index is -0.0359. The summed E-state index contributed by atoms with van der Waals surface area (Å²) in [5.41, 5.74) is 7.69. The van der Waals surface area contributed by atoms with Gasteiger partial charge in [-0.25, -0.2) is 0 Å². The number of halogens is 1. The lowest BCUT2D eigenvalue weighted by molar-refractivity contribution is -0.120. The van der Waals surface area contributed by atoms with Gasteiger partial charge >= 0.3 is 0 Å². The van der Waals surface area contributed by atoms with E-state index in [2.05, 4.69) is 5.32 Å². The average molecular weight is 254 g/mol. The second-order valence-electron chi connectivity index (χ2n) is 4.27. The van der Waals surface area contributed by atoms with E-state index in [0.29, 0.717) is 18.1 Å². The molecule has 17 heavy (non-hydrogen) atoms. The Balaban J connectivity index is 2.23. The first-order valence-corrected chi connectivity index (χ1v) is 6.02. The number of nitrogens with one attached hydrogen (secondary N) is 1. The van der Waals surface area contributed by atoms with E-state index in [4.69, 9.17) is 17.3 Å². The van der Waals surface area contributed by atoms with Crippen molar-refractivity contribution in [3.8, 4) is 0 Å². The summed E-state index contributed by atoms with van der Waals surface area (Å²) in [6.07, 6.45) is 0. The van der Waals surface area contributed by atoms with Crippen molar-refractivity contribution in [1.29, 1.82) is 0 Å². The van der Waals surface area contributed by atoms with Crippen molar-refractivity contribution in [2.75, 3.05) is 24.5 Å². The molecule has 1 aromatic rings. The molecule has 1 amide bonds. The number of hydrogen-bond acceptors (Lipinski definition) is 3. The van der Waals surface area contributed by atoms with Gasteiger partial charge < -0.3 is 16.0 Å². The third-order valence-corrected chi connectivity index (χ3v) is 3.18. The molecule has 1 aromatic carbocycles. The summed E-state index contributed by atoms with van der Waals surface area (Å²) in [4.78, 5) is 13.3. The predicted octanol–water partition coefficient (Wildman–Crippen LogP) is 1.30. The van der Waals surface area contributed by atoms with Crippen molar-refractivity contribution >= 4 is 23.2 Å². The molecule has 0 aliphatic carbocycles. The Hall–Kier alpha value is -1.26. The second-order valence-corrected chi connectivity index (χ2v) is 4.68. The number of carbonyl (C=O) groups excluding carboxylic acids is 1. The van der Waals surface area contributed by atoms with Gasteiger partial charge in [-0.3, -0.25) is 4.79 Å². The van der Waals surface area contributed by atoms with Crippen molar-refractivity contribution in [3.05, 3.63) is 28.8 Å². The molecule has 1 heterocycles. The van der Waals surface area contributed by atoms with E-state index in [9.17, 15) is 4.79 Å². The van der Waals surface area contributed by atoms with E-state index in [1.807, 2.05) is 30.0 Å². The highest BCUT2D eigenvalue weighted by Gasteiger charge is 2.18. The first-order chi connectivity index (χ1) is 8.08. The molecular weight excluding hydrogens is 238 g/mol. The van der Waals surface area contributed by atoms with Gasteiger partial charge in [0.25, 0.3) is 0 Å². The molecule has 0 radical (unpaired) electrons. The molecule has 1 saturated heterocycles. The Labute approximate surface area is 106 Å². The van der Waals surface area contributed by atoms with E-state index >= 15 is 0 Å². The van der Waals surface area contributed by atoms with Crippen molar-refractivity contribution in [3.63, 3.8) is 0 Å². The van der Waals surface area contributed by atoms with Crippen molar-refractivity contribution in [2.24, 2.45) is 5.73 Å². The minimum absolute atomic E-state index is 0.0311. The fourth-order valence-corrected chi connectivity index (χ4v) is 2.22. The average Bonchev–Trinajstić information content (AvgIpc) is 2.28. The Morgan fingerprint density at radius 1 is 1.53 bits per heavy atom. The summed E-state index contributed by atoms with van der Waals surface area (Å²) in [5.74, 6) is 0.0311. The van der Waals surface area contributed by atoms with Crippen LogP contribution in [0.25, 0.3) is 0 Å². The topological polar surface area (TPSA) is 58.4 Å². The van der Waals surface area contributed by atoms with Gasteiger partial charge in [-0.2, -0.15) is 0 Å². The minimum Gasteiger partial charge on any atom is -0.359 e. The van der Waals surface area contributed by atoms with Crippen LogP contribution in [0.5, 0.6) is 0 Å². The fraction of sp³-hybridized carbons (Fsp3) is 0.417. The molecule has 1 aliphatic heterocycles.